The molecule has 1 heterocycles. The van der Waals surface area contributed by atoms with Crippen molar-refractivity contribution in [2.24, 2.45) is 0 Å². The van der Waals surface area contributed by atoms with Gasteiger partial charge in [0.1, 0.15) is 6.20 Å². The number of nitrogens with one attached hydrogen (secondary N) is 1. The first-order valence-corrected chi connectivity index (χ1v) is 5.97. The van der Waals surface area contributed by atoms with E-state index in [-0.39, 0.29) is 11.7 Å². The molecule has 0 aromatic carbocycles. The van der Waals surface area contributed by atoms with Crippen LogP contribution in [0.1, 0.15) is 26.7 Å². The van der Waals surface area contributed by atoms with Crippen LogP contribution >= 0.6 is 0 Å². The molecule has 0 radical (unpaired) electrons. The first-order chi connectivity index (χ1) is 8.54. The van der Waals surface area contributed by atoms with Crippen molar-refractivity contribution in [3.05, 3.63) is 16.3 Å². The van der Waals surface area contributed by atoms with Gasteiger partial charge in [0.15, 0.2) is 0 Å². The molecule has 0 saturated carbocycles. The predicted octanol–water partition coefficient (Wildman–Crippen LogP) is 2.05. The van der Waals surface area contributed by atoms with Crippen molar-refractivity contribution in [3.63, 3.8) is 0 Å². The number of nitro groups is 1. The molecule has 1 N–H and O–H groups in total. The normalized spacial score (nSPS) is 10.5. The average Bonchev–Trinajstić information content (AvgIpc) is 2.39. The summed E-state index contributed by atoms with van der Waals surface area (Å²) in [5.74, 6) is 0.737. The Hall–Kier alpha value is -1.92. The molecule has 0 bridgehead atoms. The molecule has 1 aromatic rings. The molecule has 18 heavy (non-hydrogen) atoms. The second-order valence-electron chi connectivity index (χ2n) is 3.99. The fourth-order valence-corrected chi connectivity index (χ4v) is 1.88. The number of hydrogen-bond donors (Lipinski definition) is 1. The molecule has 1 rings (SSSR count). The Labute approximate surface area is 106 Å². The lowest BCUT2D eigenvalue weighted by Crippen LogP contribution is -2.31. The summed E-state index contributed by atoms with van der Waals surface area (Å²) >= 11 is 0. The average molecular weight is 253 g/mol. The molecule has 0 fully saturated rings. The maximum absolute atomic E-state index is 11.0. The van der Waals surface area contributed by atoms with Crippen LogP contribution in [0, 0.1) is 10.1 Å². The molecular weight excluding hydrogens is 234 g/mol. The van der Waals surface area contributed by atoms with E-state index in [4.69, 9.17) is 0 Å². The van der Waals surface area contributed by atoms with E-state index in [1.165, 1.54) is 6.20 Å². The number of nitrogens with zero attached hydrogens (tertiary/aromatic N) is 4. The number of rotatable bonds is 6. The third kappa shape index (κ3) is 2.85. The van der Waals surface area contributed by atoms with Crippen molar-refractivity contribution in [1.29, 1.82) is 0 Å². The minimum absolute atomic E-state index is 0.0663. The third-order valence-corrected chi connectivity index (χ3v) is 2.99. The molecule has 0 amide bonds. The molecule has 0 aliphatic heterocycles. The molecule has 0 spiro atoms. The van der Waals surface area contributed by atoms with Crippen LogP contribution in [-0.2, 0) is 0 Å². The summed E-state index contributed by atoms with van der Waals surface area (Å²) < 4.78 is 0. The Kier molecular flexibility index (Phi) is 4.82. The van der Waals surface area contributed by atoms with E-state index in [2.05, 4.69) is 29.1 Å². The van der Waals surface area contributed by atoms with Crippen LogP contribution in [0.3, 0.4) is 0 Å². The SMILES string of the molecule is CCC(CC)N(C)c1nc(NC)ncc1[N+](=O)[O-]. The minimum Gasteiger partial charge on any atom is -0.357 e. The molecule has 0 atom stereocenters. The van der Waals surface area contributed by atoms with Gasteiger partial charge in [0.25, 0.3) is 0 Å². The van der Waals surface area contributed by atoms with Gasteiger partial charge in [0.2, 0.25) is 11.8 Å². The maximum atomic E-state index is 11.0. The lowest BCUT2D eigenvalue weighted by atomic mass is 10.1. The van der Waals surface area contributed by atoms with Crippen LogP contribution in [-0.4, -0.2) is 35.0 Å². The molecule has 100 valence electrons. The minimum atomic E-state index is -0.451. The summed E-state index contributed by atoms with van der Waals surface area (Å²) in [5.41, 5.74) is -0.0663. The van der Waals surface area contributed by atoms with Gasteiger partial charge in [-0.05, 0) is 12.8 Å². The fourth-order valence-electron chi connectivity index (χ4n) is 1.88. The van der Waals surface area contributed by atoms with Gasteiger partial charge < -0.3 is 10.2 Å². The first kappa shape index (κ1) is 14.1. The summed E-state index contributed by atoms with van der Waals surface area (Å²) in [6.07, 6.45) is 3.05. The summed E-state index contributed by atoms with van der Waals surface area (Å²) in [5, 5.41) is 13.8. The van der Waals surface area contributed by atoms with Gasteiger partial charge in [0, 0.05) is 20.1 Å². The van der Waals surface area contributed by atoms with Gasteiger partial charge in [-0.3, -0.25) is 10.1 Å². The smallest absolute Gasteiger partial charge is 0.329 e. The number of aromatic nitrogens is 2. The monoisotopic (exact) mass is 253 g/mol. The zero-order chi connectivity index (χ0) is 13.7. The standard InChI is InChI=1S/C11H19N5O2/c1-5-8(6-2)15(4)10-9(16(17)18)7-13-11(12-3)14-10/h7-8H,5-6H2,1-4H3,(H,12,13,14). The maximum Gasteiger partial charge on any atom is 0.329 e. The predicted molar refractivity (Wildman–Crippen MR) is 71.0 cm³/mol. The van der Waals surface area contributed by atoms with E-state index in [1.807, 2.05) is 11.9 Å². The topological polar surface area (TPSA) is 84.2 Å². The first-order valence-electron chi connectivity index (χ1n) is 5.97. The summed E-state index contributed by atoms with van der Waals surface area (Å²) in [7, 11) is 3.51. The highest BCUT2D eigenvalue weighted by Gasteiger charge is 2.23. The summed E-state index contributed by atoms with van der Waals surface area (Å²) in [6.45, 7) is 4.10. The van der Waals surface area contributed by atoms with Crippen molar-refractivity contribution >= 4 is 17.5 Å². The largest absolute Gasteiger partial charge is 0.357 e. The number of anilines is 2. The molecular formula is C11H19N5O2. The quantitative estimate of drug-likeness (QED) is 0.617. The zero-order valence-electron chi connectivity index (χ0n) is 11.2. The van der Waals surface area contributed by atoms with E-state index in [9.17, 15) is 10.1 Å². The molecule has 0 saturated heterocycles. The van der Waals surface area contributed by atoms with E-state index >= 15 is 0 Å². The van der Waals surface area contributed by atoms with E-state index in [1.54, 1.807) is 7.05 Å². The van der Waals surface area contributed by atoms with E-state index in [0.717, 1.165) is 12.8 Å². The molecule has 0 aliphatic carbocycles. The zero-order valence-corrected chi connectivity index (χ0v) is 11.2. The van der Waals surface area contributed by atoms with Crippen LogP contribution in [0.4, 0.5) is 17.5 Å². The summed E-state index contributed by atoms with van der Waals surface area (Å²) in [6, 6.07) is 0.225. The lowest BCUT2D eigenvalue weighted by molar-refractivity contribution is -0.384. The fraction of sp³-hybridized carbons (Fsp3) is 0.636. The van der Waals surface area contributed by atoms with Crippen molar-refractivity contribution < 1.29 is 4.92 Å². The third-order valence-electron chi connectivity index (χ3n) is 2.99. The van der Waals surface area contributed by atoms with Crippen LogP contribution in [0.5, 0.6) is 0 Å². The number of hydrogen-bond acceptors (Lipinski definition) is 6. The van der Waals surface area contributed by atoms with Gasteiger partial charge in [0.05, 0.1) is 4.92 Å². The second kappa shape index (κ2) is 6.13. The Balaban J connectivity index is 3.21. The molecule has 7 nitrogen and oxygen atoms in total. The van der Waals surface area contributed by atoms with Crippen LogP contribution in [0.25, 0.3) is 0 Å². The van der Waals surface area contributed by atoms with Crippen molar-refractivity contribution in [1.82, 2.24) is 9.97 Å². The van der Waals surface area contributed by atoms with Crippen molar-refractivity contribution in [3.8, 4) is 0 Å². The van der Waals surface area contributed by atoms with Crippen LogP contribution in [0.2, 0.25) is 0 Å². The van der Waals surface area contributed by atoms with Gasteiger partial charge in [-0.1, -0.05) is 13.8 Å². The second-order valence-corrected chi connectivity index (χ2v) is 3.99. The van der Waals surface area contributed by atoms with Crippen molar-refractivity contribution in [2.45, 2.75) is 32.7 Å². The lowest BCUT2D eigenvalue weighted by Gasteiger charge is -2.26. The van der Waals surface area contributed by atoms with Gasteiger partial charge in [-0.25, -0.2) is 4.98 Å². The summed E-state index contributed by atoms with van der Waals surface area (Å²) in [4.78, 5) is 20.5. The van der Waals surface area contributed by atoms with Gasteiger partial charge >= 0.3 is 5.69 Å². The molecule has 0 aliphatic rings. The van der Waals surface area contributed by atoms with Crippen LogP contribution in [0.15, 0.2) is 6.20 Å². The van der Waals surface area contributed by atoms with Crippen LogP contribution < -0.4 is 10.2 Å². The molecule has 7 heteroatoms. The van der Waals surface area contributed by atoms with Gasteiger partial charge in [-0.2, -0.15) is 4.98 Å². The molecule has 0 unspecified atom stereocenters. The Morgan fingerprint density at radius 2 is 2.11 bits per heavy atom. The Bertz CT molecular complexity index is 420. The van der Waals surface area contributed by atoms with E-state index < -0.39 is 4.92 Å². The highest BCUT2D eigenvalue weighted by Crippen LogP contribution is 2.27. The highest BCUT2D eigenvalue weighted by atomic mass is 16.6. The molecule has 1 aromatic heterocycles. The Morgan fingerprint density at radius 1 is 1.50 bits per heavy atom. The highest BCUT2D eigenvalue weighted by molar-refractivity contribution is 5.58. The Morgan fingerprint density at radius 3 is 2.56 bits per heavy atom. The van der Waals surface area contributed by atoms with Gasteiger partial charge in [-0.15, -0.1) is 0 Å². The van der Waals surface area contributed by atoms with Crippen molar-refractivity contribution in [2.75, 3.05) is 24.3 Å². The van der Waals surface area contributed by atoms with E-state index in [0.29, 0.717) is 11.8 Å².